The van der Waals surface area contributed by atoms with Crippen molar-refractivity contribution in [2.24, 2.45) is 0 Å². The topological polar surface area (TPSA) is 88.9 Å². The Bertz CT molecular complexity index is 1830. The summed E-state index contributed by atoms with van der Waals surface area (Å²) in [6.07, 6.45) is 3.93. The molecule has 2 aliphatic rings. The van der Waals surface area contributed by atoms with Crippen LogP contribution in [0.3, 0.4) is 0 Å². The average Bonchev–Trinajstić information content (AvgIpc) is 3.35. The molecule has 12 heteroatoms. The van der Waals surface area contributed by atoms with Crippen LogP contribution in [0.1, 0.15) is 11.1 Å². The van der Waals surface area contributed by atoms with Gasteiger partial charge in [-0.3, -0.25) is 18.9 Å². The molecule has 4 heterocycles. The molecular weight excluding hydrogens is 611 g/mol. The fourth-order valence-corrected chi connectivity index (χ4v) is 6.82. The van der Waals surface area contributed by atoms with E-state index in [0.717, 1.165) is 30.1 Å². The van der Waals surface area contributed by atoms with E-state index < -0.39 is 0 Å². The number of nitrogens with zero attached hydrogens (tertiary/aromatic N) is 5. The van der Waals surface area contributed by atoms with E-state index in [1.54, 1.807) is 44.6 Å². The molecule has 0 radical (unpaired) electrons. The average molecular weight is 644 g/mol. The van der Waals surface area contributed by atoms with E-state index >= 15 is 0 Å². The van der Waals surface area contributed by atoms with Crippen molar-refractivity contribution in [3.05, 3.63) is 93.2 Å². The molecule has 2 aliphatic heterocycles. The van der Waals surface area contributed by atoms with Gasteiger partial charge in [-0.2, -0.15) is 0 Å². The zero-order valence-corrected chi connectivity index (χ0v) is 26.9. The highest BCUT2D eigenvalue weighted by molar-refractivity contribution is 8.26. The second-order valence-corrected chi connectivity index (χ2v) is 12.2. The van der Waals surface area contributed by atoms with E-state index in [1.807, 2.05) is 54.6 Å². The Hall–Kier alpha value is -4.55. The van der Waals surface area contributed by atoms with Gasteiger partial charge >= 0.3 is 0 Å². The van der Waals surface area contributed by atoms with Gasteiger partial charge in [0.25, 0.3) is 11.5 Å². The summed E-state index contributed by atoms with van der Waals surface area (Å²) in [7, 11) is 4.84. The number of carbonyl (C=O) groups is 1. The lowest BCUT2D eigenvalue weighted by Crippen LogP contribution is -2.47. The maximum Gasteiger partial charge on any atom is 0.267 e. The normalized spacial score (nSPS) is 16.2. The molecule has 0 spiro atoms. The van der Waals surface area contributed by atoms with Gasteiger partial charge in [0.2, 0.25) is 0 Å². The van der Waals surface area contributed by atoms with Crippen LogP contribution in [0.15, 0.2) is 76.6 Å². The number of piperazine rings is 1. The Balaban J connectivity index is 1.25. The van der Waals surface area contributed by atoms with Crippen LogP contribution in [-0.4, -0.2) is 78.6 Å². The van der Waals surface area contributed by atoms with Gasteiger partial charge in [-0.25, -0.2) is 4.98 Å². The molecule has 0 bridgehead atoms. The summed E-state index contributed by atoms with van der Waals surface area (Å²) in [6, 6.07) is 19.2. The number of amides is 1. The third kappa shape index (κ3) is 6.20. The highest BCUT2D eigenvalue weighted by Crippen LogP contribution is 2.34. The van der Waals surface area contributed by atoms with Crippen LogP contribution >= 0.6 is 24.0 Å². The van der Waals surface area contributed by atoms with Gasteiger partial charge < -0.3 is 24.0 Å². The summed E-state index contributed by atoms with van der Waals surface area (Å²) >= 11 is 6.82. The van der Waals surface area contributed by atoms with Crippen molar-refractivity contribution < 1.29 is 19.0 Å². The van der Waals surface area contributed by atoms with E-state index in [-0.39, 0.29) is 11.5 Å². The molecule has 2 fully saturated rings. The number of hydrogen-bond acceptors (Lipinski definition) is 10. The fraction of sp³-hybridized carbons (Fsp3) is 0.273. The second-order valence-electron chi connectivity index (χ2n) is 10.5. The minimum Gasteiger partial charge on any atom is -0.497 e. The molecule has 10 nitrogen and oxygen atoms in total. The summed E-state index contributed by atoms with van der Waals surface area (Å²) in [5.74, 6) is 2.42. The lowest BCUT2D eigenvalue weighted by atomic mass is 10.1. The van der Waals surface area contributed by atoms with E-state index in [0.29, 0.717) is 63.8 Å². The maximum absolute atomic E-state index is 13.9. The number of ether oxygens (including phenoxy) is 3. The minimum atomic E-state index is -0.233. The largest absolute Gasteiger partial charge is 0.497 e. The van der Waals surface area contributed by atoms with Crippen molar-refractivity contribution in [3.8, 4) is 17.2 Å². The van der Waals surface area contributed by atoms with Gasteiger partial charge in [-0.1, -0.05) is 36.1 Å². The van der Waals surface area contributed by atoms with Crippen molar-refractivity contribution in [3.63, 3.8) is 0 Å². The minimum absolute atomic E-state index is 0.224. The first-order valence-electron chi connectivity index (χ1n) is 14.5. The lowest BCUT2D eigenvalue weighted by Gasteiger charge is -2.37. The Kier molecular flexibility index (Phi) is 8.95. The van der Waals surface area contributed by atoms with Crippen molar-refractivity contribution in [1.29, 1.82) is 0 Å². The van der Waals surface area contributed by atoms with Crippen molar-refractivity contribution in [2.45, 2.75) is 6.42 Å². The predicted octanol–water partition coefficient (Wildman–Crippen LogP) is 4.49. The molecule has 2 aromatic heterocycles. The zero-order valence-electron chi connectivity index (χ0n) is 25.3. The SMILES string of the molecule is COc1ccc(N2CCN(c3nc4ccccn4c(=O)c3/C=C3\SC(=S)N(CCc4ccc(OC)c(OC)c4)C3=O)CC2)cc1. The van der Waals surface area contributed by atoms with E-state index in [4.69, 9.17) is 31.4 Å². The molecule has 232 valence electrons. The standard InChI is InChI=1S/C33H33N5O5S2/c1-41-24-10-8-23(9-11-24)35-16-18-36(19-17-35)30-25(31(39)37-14-5-4-6-29(37)34-30)21-28-32(40)38(33(44)45-28)15-13-22-7-12-26(42-2)27(20-22)43-3/h4-12,14,20-21H,13,15-19H2,1-3H3/b28-21-. The number of thiocarbonyl (C=S) groups is 1. The number of benzene rings is 2. The summed E-state index contributed by atoms with van der Waals surface area (Å²) < 4.78 is 18.0. The molecule has 2 aromatic carbocycles. The van der Waals surface area contributed by atoms with Gasteiger partial charge in [-0.05, 0) is 66.6 Å². The molecular formula is C33H33N5O5S2. The highest BCUT2D eigenvalue weighted by Gasteiger charge is 2.33. The zero-order chi connectivity index (χ0) is 31.5. The molecule has 0 N–H and O–H groups in total. The van der Waals surface area contributed by atoms with Crippen LogP contribution in [0.2, 0.25) is 0 Å². The smallest absolute Gasteiger partial charge is 0.267 e. The number of aromatic nitrogens is 2. The third-order valence-electron chi connectivity index (χ3n) is 7.99. The van der Waals surface area contributed by atoms with Crippen molar-refractivity contribution in [2.75, 3.05) is 63.9 Å². The number of pyridine rings is 1. The number of rotatable bonds is 9. The molecule has 2 saturated heterocycles. The lowest BCUT2D eigenvalue weighted by molar-refractivity contribution is -0.122. The van der Waals surface area contributed by atoms with Crippen LogP contribution in [-0.2, 0) is 11.2 Å². The molecule has 0 aliphatic carbocycles. The molecule has 0 atom stereocenters. The fourth-order valence-electron chi connectivity index (χ4n) is 5.53. The number of thioether (sulfide) groups is 1. The monoisotopic (exact) mass is 643 g/mol. The molecule has 0 saturated carbocycles. The Morgan fingerprint density at radius 2 is 1.62 bits per heavy atom. The molecule has 4 aromatic rings. The summed E-state index contributed by atoms with van der Waals surface area (Å²) in [5.41, 5.74) is 2.79. The van der Waals surface area contributed by atoms with E-state index in [2.05, 4.69) is 9.80 Å². The summed E-state index contributed by atoms with van der Waals surface area (Å²) in [6.45, 7) is 3.22. The second kappa shape index (κ2) is 13.2. The Labute approximate surface area is 270 Å². The number of fused-ring (bicyclic) bond motifs is 1. The number of anilines is 2. The van der Waals surface area contributed by atoms with Crippen molar-refractivity contribution in [1.82, 2.24) is 14.3 Å². The number of hydrogen-bond donors (Lipinski definition) is 0. The van der Waals surface area contributed by atoms with Crippen LogP contribution in [0.5, 0.6) is 17.2 Å². The molecule has 1 amide bonds. The molecule has 0 unspecified atom stereocenters. The first kappa shape index (κ1) is 30.5. The van der Waals surface area contributed by atoms with E-state index in [1.165, 1.54) is 16.2 Å². The number of methoxy groups -OCH3 is 3. The van der Waals surface area contributed by atoms with E-state index in [9.17, 15) is 9.59 Å². The third-order valence-corrected chi connectivity index (χ3v) is 9.36. The van der Waals surface area contributed by atoms with Crippen molar-refractivity contribution >= 4 is 57.4 Å². The number of carbonyl (C=O) groups excluding carboxylic acids is 1. The Morgan fingerprint density at radius 1 is 0.889 bits per heavy atom. The van der Waals surface area contributed by atoms with Gasteiger partial charge in [0.05, 0.1) is 31.8 Å². The molecule has 45 heavy (non-hydrogen) atoms. The predicted molar refractivity (Wildman–Crippen MR) is 182 cm³/mol. The first-order valence-corrected chi connectivity index (χ1v) is 15.7. The maximum atomic E-state index is 13.9. The van der Waals surface area contributed by atoms with Gasteiger partial charge in [0.1, 0.15) is 21.5 Å². The van der Waals surface area contributed by atoms with Crippen LogP contribution in [0.4, 0.5) is 11.5 Å². The van der Waals surface area contributed by atoms with Crippen LogP contribution < -0.4 is 29.6 Å². The van der Waals surface area contributed by atoms with Crippen LogP contribution in [0.25, 0.3) is 11.7 Å². The quantitative estimate of drug-likeness (QED) is 0.192. The van der Waals surface area contributed by atoms with Gasteiger partial charge in [0.15, 0.2) is 11.5 Å². The highest BCUT2D eigenvalue weighted by atomic mass is 32.2. The first-order chi connectivity index (χ1) is 21.9. The summed E-state index contributed by atoms with van der Waals surface area (Å²) in [5, 5.41) is 0. The van der Waals surface area contributed by atoms with Crippen LogP contribution in [0, 0.1) is 0 Å². The van der Waals surface area contributed by atoms with Gasteiger partial charge in [-0.15, -0.1) is 0 Å². The van der Waals surface area contributed by atoms with Gasteiger partial charge in [0, 0.05) is 44.6 Å². The summed E-state index contributed by atoms with van der Waals surface area (Å²) in [4.78, 5) is 38.8. The Morgan fingerprint density at radius 3 is 2.33 bits per heavy atom. The molecule has 6 rings (SSSR count).